The molecule has 3 aromatic rings. The van der Waals surface area contributed by atoms with Crippen molar-refractivity contribution in [2.45, 2.75) is 45.2 Å². The van der Waals surface area contributed by atoms with Crippen LogP contribution < -0.4 is 14.4 Å². The fourth-order valence-electron chi connectivity index (χ4n) is 3.94. The third-order valence-corrected chi connectivity index (χ3v) is 8.41. The molecule has 2 amide bonds. The zero-order chi connectivity index (χ0) is 29.4. The Kier molecular flexibility index (Phi) is 10.6. The number of hydrogen-bond donors (Lipinski definition) is 1. The number of nitrogens with one attached hydrogen (secondary N) is 1. The summed E-state index contributed by atoms with van der Waals surface area (Å²) in [6.07, 6.45) is 0. The van der Waals surface area contributed by atoms with Gasteiger partial charge in [0.1, 0.15) is 18.3 Å². The molecule has 0 aliphatic carbocycles. The van der Waals surface area contributed by atoms with E-state index in [4.69, 9.17) is 16.3 Å². The fourth-order valence-corrected chi connectivity index (χ4v) is 5.48. The summed E-state index contributed by atoms with van der Waals surface area (Å²) in [6.45, 7) is 7.53. The third kappa shape index (κ3) is 7.99. The Morgan fingerprint density at radius 1 is 0.925 bits per heavy atom. The van der Waals surface area contributed by atoms with Gasteiger partial charge < -0.3 is 15.0 Å². The number of ether oxygens (including phenoxy) is 1. The molecule has 3 rings (SSSR count). The van der Waals surface area contributed by atoms with Gasteiger partial charge in [0.15, 0.2) is 0 Å². The van der Waals surface area contributed by atoms with Crippen molar-refractivity contribution in [1.29, 1.82) is 0 Å². The Balaban J connectivity index is 2.00. The first kappa shape index (κ1) is 31.0. The van der Waals surface area contributed by atoms with Gasteiger partial charge in [0.2, 0.25) is 11.8 Å². The summed E-state index contributed by atoms with van der Waals surface area (Å²) in [5.74, 6) is 0.0338. The van der Waals surface area contributed by atoms with E-state index < -0.39 is 28.5 Å². The van der Waals surface area contributed by atoms with Crippen LogP contribution in [0, 0.1) is 12.8 Å². The summed E-state index contributed by atoms with van der Waals surface area (Å²) in [5, 5.41) is 3.27. The van der Waals surface area contributed by atoms with Gasteiger partial charge in [0.25, 0.3) is 10.0 Å². The van der Waals surface area contributed by atoms with Crippen LogP contribution in [0.4, 0.5) is 5.69 Å². The molecule has 214 valence electrons. The van der Waals surface area contributed by atoms with E-state index in [-0.39, 0.29) is 23.3 Å². The van der Waals surface area contributed by atoms with Gasteiger partial charge in [-0.3, -0.25) is 13.9 Å². The van der Waals surface area contributed by atoms with Gasteiger partial charge in [-0.05, 0) is 73.9 Å². The van der Waals surface area contributed by atoms with E-state index in [1.54, 1.807) is 62.6 Å². The molecule has 0 unspecified atom stereocenters. The molecule has 0 aromatic heterocycles. The van der Waals surface area contributed by atoms with Crippen LogP contribution in [0.15, 0.2) is 77.7 Å². The zero-order valence-corrected chi connectivity index (χ0v) is 25.0. The molecule has 0 aliphatic rings. The van der Waals surface area contributed by atoms with Crippen LogP contribution in [0.2, 0.25) is 5.02 Å². The Bertz CT molecular complexity index is 1390. The van der Waals surface area contributed by atoms with Gasteiger partial charge in [0, 0.05) is 18.1 Å². The van der Waals surface area contributed by atoms with Gasteiger partial charge in [-0.25, -0.2) is 8.42 Å². The SMILES string of the molecule is COc1ccc(CN(C(=O)CN(c2ccc(C)cc2)S(=O)(=O)c2ccc(Cl)cc2)[C@H](C)C(=O)NCC(C)C)cc1. The molecule has 1 atom stereocenters. The van der Waals surface area contributed by atoms with E-state index in [1.165, 1.54) is 29.2 Å². The van der Waals surface area contributed by atoms with E-state index in [2.05, 4.69) is 5.32 Å². The number of nitrogens with zero attached hydrogens (tertiary/aromatic N) is 2. The summed E-state index contributed by atoms with van der Waals surface area (Å²) < 4.78 is 33.9. The van der Waals surface area contributed by atoms with Gasteiger partial charge in [-0.2, -0.15) is 0 Å². The predicted octanol–water partition coefficient (Wildman–Crippen LogP) is 5.04. The van der Waals surface area contributed by atoms with Gasteiger partial charge >= 0.3 is 0 Å². The number of aryl methyl sites for hydroxylation is 1. The molecule has 0 fully saturated rings. The number of amides is 2. The lowest BCUT2D eigenvalue weighted by molar-refractivity contribution is -0.139. The monoisotopic (exact) mass is 585 g/mol. The maximum atomic E-state index is 13.9. The molecule has 0 saturated carbocycles. The van der Waals surface area contributed by atoms with E-state index in [0.717, 1.165) is 15.4 Å². The number of methoxy groups -OCH3 is 1. The maximum Gasteiger partial charge on any atom is 0.264 e. The molecule has 0 saturated heterocycles. The number of sulfonamides is 1. The summed E-state index contributed by atoms with van der Waals surface area (Å²) in [7, 11) is -2.59. The van der Waals surface area contributed by atoms with Gasteiger partial charge in [-0.15, -0.1) is 0 Å². The normalized spacial score (nSPS) is 12.1. The lowest BCUT2D eigenvalue weighted by Crippen LogP contribution is -2.51. The van der Waals surface area contributed by atoms with Crippen LogP contribution in [-0.2, 0) is 26.2 Å². The average molecular weight is 586 g/mol. The molecule has 0 spiro atoms. The highest BCUT2D eigenvalue weighted by Gasteiger charge is 2.32. The molecule has 3 aromatic carbocycles. The standard InChI is InChI=1S/C30H36ClN3O5S/c1-21(2)18-32-30(36)23(4)33(19-24-8-14-27(39-5)15-9-24)29(35)20-34(26-12-6-22(3)7-13-26)40(37,38)28-16-10-25(31)11-17-28/h6-17,21,23H,18-20H2,1-5H3,(H,32,36)/t23-/m1/s1. The molecule has 0 bridgehead atoms. The molecule has 0 aliphatic heterocycles. The highest BCUT2D eigenvalue weighted by Crippen LogP contribution is 2.26. The Hall–Kier alpha value is -3.56. The molecule has 0 radical (unpaired) electrons. The van der Waals surface area contributed by atoms with Crippen LogP contribution in [0.5, 0.6) is 5.75 Å². The molecule has 1 N–H and O–H groups in total. The van der Waals surface area contributed by atoms with E-state index in [0.29, 0.717) is 23.0 Å². The van der Waals surface area contributed by atoms with Crippen LogP contribution in [0.1, 0.15) is 31.9 Å². The minimum absolute atomic E-state index is 0.00490. The number of rotatable bonds is 12. The smallest absolute Gasteiger partial charge is 0.264 e. The summed E-state index contributed by atoms with van der Waals surface area (Å²) in [6, 6.07) is 18.9. The minimum atomic E-state index is -4.15. The molecule has 40 heavy (non-hydrogen) atoms. The third-order valence-electron chi connectivity index (χ3n) is 6.37. The van der Waals surface area contributed by atoms with E-state index >= 15 is 0 Å². The number of benzene rings is 3. The number of halogens is 1. The fraction of sp³-hybridized carbons (Fsp3) is 0.333. The molecule has 0 heterocycles. The number of carbonyl (C=O) groups is 2. The van der Waals surface area contributed by atoms with Crippen molar-refractivity contribution in [1.82, 2.24) is 10.2 Å². The lowest BCUT2D eigenvalue weighted by atomic mass is 10.1. The van der Waals surface area contributed by atoms with Crippen LogP contribution in [-0.4, -0.2) is 51.4 Å². The first-order valence-corrected chi connectivity index (χ1v) is 14.8. The highest BCUT2D eigenvalue weighted by molar-refractivity contribution is 7.92. The molecule has 10 heteroatoms. The second-order valence-corrected chi connectivity index (χ2v) is 12.3. The quantitative estimate of drug-likeness (QED) is 0.321. The lowest BCUT2D eigenvalue weighted by Gasteiger charge is -2.32. The van der Waals surface area contributed by atoms with Crippen LogP contribution in [0.25, 0.3) is 0 Å². The topological polar surface area (TPSA) is 96.0 Å². The van der Waals surface area contributed by atoms with Crippen molar-refractivity contribution >= 4 is 39.1 Å². The van der Waals surface area contributed by atoms with Gasteiger partial charge in [-0.1, -0.05) is 55.3 Å². The largest absolute Gasteiger partial charge is 0.497 e. The Labute approximate surface area is 241 Å². The van der Waals surface area contributed by atoms with Crippen molar-refractivity contribution in [3.8, 4) is 5.75 Å². The summed E-state index contributed by atoms with van der Waals surface area (Å²) >= 11 is 5.99. The Morgan fingerprint density at radius 2 is 1.52 bits per heavy atom. The number of anilines is 1. The molecule has 8 nitrogen and oxygen atoms in total. The Morgan fingerprint density at radius 3 is 2.08 bits per heavy atom. The molecular weight excluding hydrogens is 550 g/mol. The summed E-state index contributed by atoms with van der Waals surface area (Å²) in [4.78, 5) is 28.4. The number of carbonyl (C=O) groups excluding carboxylic acids is 2. The van der Waals surface area contributed by atoms with Crippen molar-refractivity contribution in [2.24, 2.45) is 5.92 Å². The zero-order valence-electron chi connectivity index (χ0n) is 23.4. The van der Waals surface area contributed by atoms with Gasteiger partial charge in [0.05, 0.1) is 17.7 Å². The second-order valence-electron chi connectivity index (χ2n) is 9.99. The number of hydrogen-bond acceptors (Lipinski definition) is 5. The van der Waals surface area contributed by atoms with E-state index in [1.807, 2.05) is 20.8 Å². The van der Waals surface area contributed by atoms with Crippen molar-refractivity contribution < 1.29 is 22.7 Å². The second kappa shape index (κ2) is 13.7. The summed E-state index contributed by atoms with van der Waals surface area (Å²) in [5.41, 5.74) is 2.03. The maximum absolute atomic E-state index is 13.9. The highest BCUT2D eigenvalue weighted by atomic mass is 35.5. The first-order valence-electron chi connectivity index (χ1n) is 13.0. The van der Waals surface area contributed by atoms with Crippen LogP contribution >= 0.6 is 11.6 Å². The average Bonchev–Trinajstić information content (AvgIpc) is 2.93. The predicted molar refractivity (Wildman–Crippen MR) is 158 cm³/mol. The minimum Gasteiger partial charge on any atom is -0.497 e. The van der Waals surface area contributed by atoms with Crippen molar-refractivity contribution in [2.75, 3.05) is 24.5 Å². The molecular formula is C30H36ClN3O5S. The van der Waals surface area contributed by atoms with Crippen molar-refractivity contribution in [3.05, 3.63) is 88.9 Å². The van der Waals surface area contributed by atoms with Crippen molar-refractivity contribution in [3.63, 3.8) is 0 Å². The van der Waals surface area contributed by atoms with Crippen LogP contribution in [0.3, 0.4) is 0 Å². The van der Waals surface area contributed by atoms with E-state index in [9.17, 15) is 18.0 Å². The first-order chi connectivity index (χ1) is 18.9.